The predicted molar refractivity (Wildman–Crippen MR) is 72.9 cm³/mol. The molecule has 1 amide bonds. The molecule has 0 heterocycles. The average Bonchev–Trinajstić information content (AvgIpc) is 2.36. The summed E-state index contributed by atoms with van der Waals surface area (Å²) in [6.07, 6.45) is 2.42. The maximum Gasteiger partial charge on any atom is 0.260 e. The Balaban J connectivity index is 2.29. The topological polar surface area (TPSA) is 50.7 Å². The number of nitrogens with one attached hydrogen (secondary N) is 1. The van der Waals surface area contributed by atoms with Crippen LogP contribution in [0.4, 0.5) is 0 Å². The van der Waals surface area contributed by atoms with Crippen LogP contribution in [0.15, 0.2) is 29.4 Å². The standard InChI is InChI=1S/C13H17ClN2O2/c1-3-10(2)16-13(17)9-18-15-8-11-4-6-12(14)7-5-11/h4-8,10H,3,9H2,1-2H3,(H,16,17)/b15-8-/t10-/m1/s1. The van der Waals surface area contributed by atoms with Gasteiger partial charge in [-0.3, -0.25) is 4.79 Å². The molecule has 0 saturated heterocycles. The summed E-state index contributed by atoms with van der Waals surface area (Å²) in [6.45, 7) is 3.87. The second-order valence-electron chi connectivity index (χ2n) is 3.94. The number of oxime groups is 1. The van der Waals surface area contributed by atoms with Gasteiger partial charge in [-0.15, -0.1) is 0 Å². The average molecular weight is 269 g/mol. The van der Waals surface area contributed by atoms with Gasteiger partial charge >= 0.3 is 0 Å². The van der Waals surface area contributed by atoms with Gasteiger partial charge in [0.2, 0.25) is 0 Å². The summed E-state index contributed by atoms with van der Waals surface area (Å²) in [4.78, 5) is 16.2. The first-order chi connectivity index (χ1) is 8.61. The molecule has 0 aliphatic rings. The van der Waals surface area contributed by atoms with E-state index in [0.29, 0.717) is 5.02 Å². The monoisotopic (exact) mass is 268 g/mol. The SMILES string of the molecule is CC[C@@H](C)NC(=O)CO/N=C\c1ccc(Cl)cc1. The number of benzene rings is 1. The van der Waals surface area contributed by atoms with Crippen molar-refractivity contribution in [1.82, 2.24) is 5.32 Å². The van der Waals surface area contributed by atoms with Crippen LogP contribution < -0.4 is 5.32 Å². The smallest absolute Gasteiger partial charge is 0.260 e. The quantitative estimate of drug-likeness (QED) is 0.637. The summed E-state index contributed by atoms with van der Waals surface area (Å²) in [5, 5.41) is 7.16. The molecule has 1 N–H and O–H groups in total. The number of rotatable bonds is 6. The molecule has 18 heavy (non-hydrogen) atoms. The Bertz CT molecular complexity index is 404. The van der Waals surface area contributed by atoms with Gasteiger partial charge in [0.05, 0.1) is 6.21 Å². The minimum Gasteiger partial charge on any atom is -0.386 e. The first kappa shape index (κ1) is 14.5. The van der Waals surface area contributed by atoms with Crippen molar-refractivity contribution in [2.45, 2.75) is 26.3 Å². The molecule has 0 unspecified atom stereocenters. The van der Waals surface area contributed by atoms with Crippen LogP contribution in [0.3, 0.4) is 0 Å². The Morgan fingerprint density at radius 3 is 2.78 bits per heavy atom. The molecule has 1 aromatic carbocycles. The maximum absolute atomic E-state index is 11.3. The van der Waals surface area contributed by atoms with Crippen LogP contribution in [0.2, 0.25) is 5.02 Å². The molecule has 0 radical (unpaired) electrons. The number of halogens is 1. The zero-order valence-electron chi connectivity index (χ0n) is 10.5. The van der Waals surface area contributed by atoms with Gasteiger partial charge in [-0.25, -0.2) is 0 Å². The third-order valence-electron chi connectivity index (χ3n) is 2.36. The summed E-state index contributed by atoms with van der Waals surface area (Å²) in [6, 6.07) is 7.31. The molecule has 1 atom stereocenters. The summed E-state index contributed by atoms with van der Waals surface area (Å²) in [5.41, 5.74) is 0.863. The van der Waals surface area contributed by atoms with Crippen LogP contribution in [0, 0.1) is 0 Å². The number of carbonyl (C=O) groups excluding carboxylic acids is 1. The van der Waals surface area contributed by atoms with E-state index in [4.69, 9.17) is 16.4 Å². The zero-order valence-corrected chi connectivity index (χ0v) is 11.3. The lowest BCUT2D eigenvalue weighted by Gasteiger charge is -2.09. The fourth-order valence-electron chi connectivity index (χ4n) is 1.16. The first-order valence-electron chi connectivity index (χ1n) is 5.82. The number of carbonyl (C=O) groups is 1. The highest BCUT2D eigenvalue weighted by Crippen LogP contribution is 2.07. The van der Waals surface area contributed by atoms with Crippen LogP contribution >= 0.6 is 11.6 Å². The lowest BCUT2D eigenvalue weighted by Crippen LogP contribution is -2.34. The Morgan fingerprint density at radius 2 is 2.17 bits per heavy atom. The highest BCUT2D eigenvalue weighted by molar-refractivity contribution is 6.30. The predicted octanol–water partition coefficient (Wildman–Crippen LogP) is 2.61. The highest BCUT2D eigenvalue weighted by atomic mass is 35.5. The molecule has 0 aliphatic heterocycles. The van der Waals surface area contributed by atoms with Crippen LogP contribution in [-0.2, 0) is 9.63 Å². The summed E-state index contributed by atoms with van der Waals surface area (Å²) in [5.74, 6) is -0.169. The summed E-state index contributed by atoms with van der Waals surface area (Å²) < 4.78 is 0. The van der Waals surface area contributed by atoms with E-state index in [0.717, 1.165) is 12.0 Å². The number of amides is 1. The van der Waals surface area contributed by atoms with Crippen LogP contribution in [0.25, 0.3) is 0 Å². The van der Waals surface area contributed by atoms with E-state index in [2.05, 4.69) is 10.5 Å². The fourth-order valence-corrected chi connectivity index (χ4v) is 1.29. The third-order valence-corrected chi connectivity index (χ3v) is 2.61. The number of nitrogens with zero attached hydrogens (tertiary/aromatic N) is 1. The maximum atomic E-state index is 11.3. The molecule has 98 valence electrons. The van der Waals surface area contributed by atoms with Gasteiger partial charge in [-0.05, 0) is 31.0 Å². The largest absolute Gasteiger partial charge is 0.386 e. The van der Waals surface area contributed by atoms with Crippen molar-refractivity contribution in [3.05, 3.63) is 34.9 Å². The molecule has 5 heteroatoms. The van der Waals surface area contributed by atoms with Crippen molar-refractivity contribution in [2.24, 2.45) is 5.16 Å². The Hall–Kier alpha value is -1.55. The molecule has 0 spiro atoms. The molecular weight excluding hydrogens is 252 g/mol. The lowest BCUT2D eigenvalue weighted by molar-refractivity contribution is -0.126. The molecule has 0 fully saturated rings. The fraction of sp³-hybridized carbons (Fsp3) is 0.385. The highest BCUT2D eigenvalue weighted by Gasteiger charge is 2.04. The van der Waals surface area contributed by atoms with E-state index in [-0.39, 0.29) is 18.6 Å². The van der Waals surface area contributed by atoms with E-state index in [1.54, 1.807) is 12.1 Å². The van der Waals surface area contributed by atoms with Gasteiger partial charge in [0.15, 0.2) is 6.61 Å². The van der Waals surface area contributed by atoms with Gasteiger partial charge in [-0.2, -0.15) is 0 Å². The molecule has 1 aromatic rings. The Morgan fingerprint density at radius 1 is 1.50 bits per heavy atom. The molecular formula is C13H17ClN2O2. The van der Waals surface area contributed by atoms with Gasteiger partial charge in [0.1, 0.15) is 0 Å². The van der Waals surface area contributed by atoms with E-state index >= 15 is 0 Å². The first-order valence-corrected chi connectivity index (χ1v) is 6.20. The van der Waals surface area contributed by atoms with Gasteiger partial charge in [-0.1, -0.05) is 35.8 Å². The van der Waals surface area contributed by atoms with Gasteiger partial charge < -0.3 is 10.2 Å². The van der Waals surface area contributed by atoms with E-state index in [9.17, 15) is 4.79 Å². The van der Waals surface area contributed by atoms with Crippen molar-refractivity contribution in [3.8, 4) is 0 Å². The Labute approximate surface area is 112 Å². The summed E-state index contributed by atoms with van der Waals surface area (Å²) in [7, 11) is 0. The molecule has 4 nitrogen and oxygen atoms in total. The molecule has 0 aliphatic carbocycles. The van der Waals surface area contributed by atoms with Crippen molar-refractivity contribution in [3.63, 3.8) is 0 Å². The van der Waals surface area contributed by atoms with Crippen molar-refractivity contribution < 1.29 is 9.63 Å². The molecule has 1 rings (SSSR count). The number of hydrogen-bond acceptors (Lipinski definition) is 3. The van der Waals surface area contributed by atoms with Crippen molar-refractivity contribution >= 4 is 23.7 Å². The lowest BCUT2D eigenvalue weighted by atomic mass is 10.2. The third kappa shape index (κ3) is 5.68. The normalized spacial score (nSPS) is 12.4. The number of hydrogen-bond donors (Lipinski definition) is 1. The molecule has 0 aromatic heterocycles. The van der Waals surface area contributed by atoms with Crippen LogP contribution in [0.1, 0.15) is 25.8 Å². The second kappa shape index (κ2) is 7.71. The van der Waals surface area contributed by atoms with E-state index < -0.39 is 0 Å². The van der Waals surface area contributed by atoms with Gasteiger partial charge in [0, 0.05) is 11.1 Å². The summed E-state index contributed by atoms with van der Waals surface area (Å²) >= 11 is 5.75. The van der Waals surface area contributed by atoms with Crippen molar-refractivity contribution in [1.29, 1.82) is 0 Å². The van der Waals surface area contributed by atoms with E-state index in [1.807, 2.05) is 26.0 Å². The zero-order chi connectivity index (χ0) is 13.4. The minimum atomic E-state index is -0.169. The molecule has 0 bridgehead atoms. The minimum absolute atomic E-state index is 0.0750. The van der Waals surface area contributed by atoms with Crippen LogP contribution in [0.5, 0.6) is 0 Å². The van der Waals surface area contributed by atoms with Crippen molar-refractivity contribution in [2.75, 3.05) is 6.61 Å². The molecule has 0 saturated carbocycles. The Kier molecular flexibility index (Phi) is 6.22. The van der Waals surface area contributed by atoms with E-state index in [1.165, 1.54) is 6.21 Å². The van der Waals surface area contributed by atoms with Crippen LogP contribution in [-0.4, -0.2) is 24.8 Å². The second-order valence-corrected chi connectivity index (χ2v) is 4.37. The van der Waals surface area contributed by atoms with Gasteiger partial charge in [0.25, 0.3) is 5.91 Å².